The molecule has 20 heavy (non-hydrogen) atoms. The molecule has 0 bridgehead atoms. The SMILES string of the molecule is CC(C)(C)OC(=O)COC(=O)CCc1ccc(N)nc1. The molecule has 110 valence electrons. The molecule has 0 atom stereocenters. The number of nitrogens with zero attached hydrogens (tertiary/aromatic N) is 1. The third kappa shape index (κ3) is 6.72. The minimum absolute atomic E-state index is 0.175. The fourth-order valence-corrected chi connectivity index (χ4v) is 1.41. The molecule has 0 saturated heterocycles. The highest BCUT2D eigenvalue weighted by molar-refractivity contribution is 5.76. The first-order valence-electron chi connectivity index (χ1n) is 6.34. The van der Waals surface area contributed by atoms with Crippen LogP contribution >= 0.6 is 0 Å². The fraction of sp³-hybridized carbons (Fsp3) is 0.500. The van der Waals surface area contributed by atoms with Gasteiger partial charge in [-0.15, -0.1) is 0 Å². The van der Waals surface area contributed by atoms with E-state index >= 15 is 0 Å². The van der Waals surface area contributed by atoms with Gasteiger partial charge >= 0.3 is 11.9 Å². The summed E-state index contributed by atoms with van der Waals surface area (Å²) in [5.74, 6) is -0.575. The number of nitrogen functional groups attached to an aromatic ring is 1. The molecule has 1 aromatic heterocycles. The number of aryl methyl sites for hydroxylation is 1. The number of nitrogens with two attached hydrogens (primary N) is 1. The van der Waals surface area contributed by atoms with Crippen LogP contribution in [0.4, 0.5) is 5.82 Å². The highest BCUT2D eigenvalue weighted by Crippen LogP contribution is 2.08. The maximum Gasteiger partial charge on any atom is 0.344 e. The van der Waals surface area contributed by atoms with Crippen LogP contribution in [-0.4, -0.2) is 29.1 Å². The molecule has 6 heteroatoms. The van der Waals surface area contributed by atoms with Gasteiger partial charge in [0.05, 0.1) is 0 Å². The Morgan fingerprint density at radius 3 is 2.50 bits per heavy atom. The Morgan fingerprint density at radius 1 is 1.25 bits per heavy atom. The summed E-state index contributed by atoms with van der Waals surface area (Å²) in [6.45, 7) is 4.89. The van der Waals surface area contributed by atoms with Gasteiger partial charge in [-0.05, 0) is 38.8 Å². The minimum atomic E-state index is -0.584. The van der Waals surface area contributed by atoms with Crippen LogP contribution in [0.25, 0.3) is 0 Å². The van der Waals surface area contributed by atoms with Crippen molar-refractivity contribution >= 4 is 17.8 Å². The first-order chi connectivity index (χ1) is 9.26. The van der Waals surface area contributed by atoms with Crippen molar-refractivity contribution in [3.63, 3.8) is 0 Å². The summed E-state index contributed by atoms with van der Waals surface area (Å²) in [6, 6.07) is 3.46. The smallest absolute Gasteiger partial charge is 0.344 e. The van der Waals surface area contributed by atoms with Crippen LogP contribution < -0.4 is 5.73 Å². The van der Waals surface area contributed by atoms with Crippen LogP contribution in [-0.2, 0) is 25.5 Å². The molecule has 0 saturated carbocycles. The summed E-state index contributed by atoms with van der Waals surface area (Å²) in [6.07, 6.45) is 2.27. The van der Waals surface area contributed by atoms with Gasteiger partial charge < -0.3 is 15.2 Å². The Kier molecular flexibility index (Phi) is 5.49. The average molecular weight is 280 g/mol. The summed E-state index contributed by atoms with van der Waals surface area (Å²) in [7, 11) is 0. The second kappa shape index (κ2) is 6.88. The molecule has 6 nitrogen and oxygen atoms in total. The number of carbonyl (C=O) groups excluding carboxylic acids is 2. The predicted octanol–water partition coefficient (Wildman–Crippen LogP) is 1.48. The lowest BCUT2D eigenvalue weighted by molar-refractivity contribution is -0.166. The molecule has 2 N–H and O–H groups in total. The largest absolute Gasteiger partial charge is 0.457 e. The molecule has 0 amide bonds. The van der Waals surface area contributed by atoms with E-state index in [1.807, 2.05) is 0 Å². The van der Waals surface area contributed by atoms with Gasteiger partial charge in [0.25, 0.3) is 0 Å². The van der Waals surface area contributed by atoms with Gasteiger partial charge in [-0.1, -0.05) is 6.07 Å². The van der Waals surface area contributed by atoms with E-state index in [2.05, 4.69) is 4.98 Å². The van der Waals surface area contributed by atoms with Crippen molar-refractivity contribution in [2.75, 3.05) is 12.3 Å². The number of hydrogen-bond acceptors (Lipinski definition) is 6. The van der Waals surface area contributed by atoms with E-state index in [1.165, 1.54) is 0 Å². The monoisotopic (exact) mass is 280 g/mol. The number of ether oxygens (including phenoxy) is 2. The summed E-state index contributed by atoms with van der Waals surface area (Å²) >= 11 is 0. The summed E-state index contributed by atoms with van der Waals surface area (Å²) in [5, 5.41) is 0. The van der Waals surface area contributed by atoms with Gasteiger partial charge in [0, 0.05) is 12.6 Å². The zero-order valence-corrected chi connectivity index (χ0v) is 12.0. The van der Waals surface area contributed by atoms with E-state index in [1.54, 1.807) is 39.1 Å². The van der Waals surface area contributed by atoms with Crippen molar-refractivity contribution in [3.8, 4) is 0 Å². The van der Waals surface area contributed by atoms with E-state index in [9.17, 15) is 9.59 Å². The molecule has 0 radical (unpaired) electrons. The Balaban J connectivity index is 2.27. The van der Waals surface area contributed by atoms with Gasteiger partial charge in [-0.25, -0.2) is 9.78 Å². The summed E-state index contributed by atoms with van der Waals surface area (Å²) in [5.41, 5.74) is 5.76. The van der Waals surface area contributed by atoms with Crippen molar-refractivity contribution in [2.24, 2.45) is 0 Å². The van der Waals surface area contributed by atoms with Crippen LogP contribution in [0.2, 0.25) is 0 Å². The molecule has 0 aromatic carbocycles. The third-order valence-electron chi connectivity index (χ3n) is 2.24. The molecular formula is C14H20N2O4. The summed E-state index contributed by atoms with van der Waals surface area (Å²) < 4.78 is 9.86. The van der Waals surface area contributed by atoms with Crippen molar-refractivity contribution in [3.05, 3.63) is 23.9 Å². The number of pyridine rings is 1. The van der Waals surface area contributed by atoms with Gasteiger partial charge in [0.15, 0.2) is 6.61 Å². The molecule has 1 aromatic rings. The second-order valence-electron chi connectivity index (χ2n) is 5.34. The first-order valence-corrected chi connectivity index (χ1v) is 6.34. The van der Waals surface area contributed by atoms with E-state index in [0.29, 0.717) is 12.2 Å². The molecule has 1 rings (SSSR count). The normalized spacial score (nSPS) is 10.9. The quantitative estimate of drug-likeness (QED) is 0.821. The molecule has 0 fully saturated rings. The van der Waals surface area contributed by atoms with Crippen LogP contribution in [0.1, 0.15) is 32.8 Å². The topological polar surface area (TPSA) is 91.5 Å². The molecule has 0 aliphatic rings. The minimum Gasteiger partial charge on any atom is -0.457 e. The lowest BCUT2D eigenvalue weighted by atomic mass is 10.1. The zero-order chi connectivity index (χ0) is 15.2. The number of hydrogen-bond donors (Lipinski definition) is 1. The number of anilines is 1. The number of aromatic nitrogens is 1. The molecule has 0 aliphatic heterocycles. The Hall–Kier alpha value is -2.11. The van der Waals surface area contributed by atoms with Crippen molar-refractivity contribution < 1.29 is 19.1 Å². The Bertz CT molecular complexity index is 463. The standard InChI is InChI=1S/C14H20N2O4/c1-14(2,3)20-13(18)9-19-12(17)7-5-10-4-6-11(15)16-8-10/h4,6,8H,5,7,9H2,1-3H3,(H2,15,16). The highest BCUT2D eigenvalue weighted by Gasteiger charge is 2.17. The third-order valence-corrected chi connectivity index (χ3v) is 2.24. The Morgan fingerprint density at radius 2 is 1.95 bits per heavy atom. The van der Waals surface area contributed by atoms with Crippen LogP contribution in [0.3, 0.4) is 0 Å². The second-order valence-corrected chi connectivity index (χ2v) is 5.34. The van der Waals surface area contributed by atoms with Crippen LogP contribution in [0.5, 0.6) is 0 Å². The van der Waals surface area contributed by atoms with Crippen molar-refractivity contribution in [1.82, 2.24) is 4.98 Å². The van der Waals surface area contributed by atoms with E-state index in [4.69, 9.17) is 15.2 Å². The summed E-state index contributed by atoms with van der Waals surface area (Å²) in [4.78, 5) is 26.8. The zero-order valence-electron chi connectivity index (χ0n) is 12.0. The molecule has 0 unspecified atom stereocenters. The van der Waals surface area contributed by atoms with Crippen molar-refractivity contribution in [1.29, 1.82) is 0 Å². The number of esters is 2. The number of rotatable bonds is 5. The lowest BCUT2D eigenvalue weighted by Crippen LogP contribution is -2.27. The van der Waals surface area contributed by atoms with E-state index in [0.717, 1.165) is 5.56 Å². The molecular weight excluding hydrogens is 260 g/mol. The van der Waals surface area contributed by atoms with E-state index in [-0.39, 0.29) is 13.0 Å². The number of carbonyl (C=O) groups is 2. The van der Waals surface area contributed by atoms with Crippen LogP contribution in [0, 0.1) is 0 Å². The van der Waals surface area contributed by atoms with Gasteiger partial charge in [-0.2, -0.15) is 0 Å². The molecule has 0 aliphatic carbocycles. The van der Waals surface area contributed by atoms with Gasteiger partial charge in [0.2, 0.25) is 0 Å². The van der Waals surface area contributed by atoms with E-state index < -0.39 is 17.5 Å². The maximum atomic E-state index is 11.5. The highest BCUT2D eigenvalue weighted by atomic mass is 16.6. The maximum absolute atomic E-state index is 11.5. The molecule has 0 spiro atoms. The van der Waals surface area contributed by atoms with Gasteiger partial charge in [0.1, 0.15) is 11.4 Å². The van der Waals surface area contributed by atoms with Crippen molar-refractivity contribution in [2.45, 2.75) is 39.2 Å². The van der Waals surface area contributed by atoms with Crippen LogP contribution in [0.15, 0.2) is 18.3 Å². The van der Waals surface area contributed by atoms with Gasteiger partial charge in [-0.3, -0.25) is 4.79 Å². The molecule has 1 heterocycles. The average Bonchev–Trinajstić information content (AvgIpc) is 2.33. The fourth-order valence-electron chi connectivity index (χ4n) is 1.41. The predicted molar refractivity (Wildman–Crippen MR) is 73.8 cm³/mol. The Labute approximate surface area is 118 Å². The first kappa shape index (κ1) is 15.9. The lowest BCUT2D eigenvalue weighted by Gasteiger charge is -2.19.